The minimum absolute atomic E-state index is 0.114. The van der Waals surface area contributed by atoms with Crippen LogP contribution in [-0.4, -0.2) is 32.7 Å². The fourth-order valence-electron chi connectivity index (χ4n) is 2.49. The van der Waals surface area contributed by atoms with Crippen LogP contribution < -0.4 is 0 Å². The highest BCUT2D eigenvalue weighted by atomic mass is 16.5. The number of aromatic nitrogens is 3. The smallest absolute Gasteiger partial charge is 0.330 e. The monoisotopic (exact) mass is 337 g/mol. The van der Waals surface area contributed by atoms with Crippen LogP contribution in [0.4, 0.5) is 0 Å². The molecule has 0 saturated heterocycles. The van der Waals surface area contributed by atoms with Crippen molar-refractivity contribution in [2.24, 2.45) is 0 Å². The number of esters is 1. The summed E-state index contributed by atoms with van der Waals surface area (Å²) in [5, 5.41) is 18.9. The predicted octanol–water partition coefficient (Wildman–Crippen LogP) is 3.18. The van der Waals surface area contributed by atoms with Gasteiger partial charge in [-0.2, -0.15) is 0 Å². The zero-order valence-electron chi connectivity index (χ0n) is 13.9. The summed E-state index contributed by atoms with van der Waals surface area (Å²) in [5.74, 6) is -0.218. The molecule has 3 rings (SSSR count). The number of benzene rings is 2. The highest BCUT2D eigenvalue weighted by molar-refractivity contribution is 5.81. The molecule has 6 nitrogen and oxygen atoms in total. The van der Waals surface area contributed by atoms with Crippen LogP contribution in [-0.2, 0) is 16.0 Å². The number of carbonyl (C=O) groups excluding carboxylic acids is 1. The molecule has 0 amide bonds. The van der Waals surface area contributed by atoms with Crippen LogP contribution in [0.5, 0.6) is 5.75 Å². The van der Waals surface area contributed by atoms with E-state index >= 15 is 0 Å². The molecule has 1 aromatic heterocycles. The molecule has 0 spiro atoms. The first kappa shape index (κ1) is 16.7. The highest BCUT2D eigenvalue weighted by Crippen LogP contribution is 2.23. The number of rotatable bonds is 6. The number of hydrogen-bond donors (Lipinski definition) is 1. The Morgan fingerprint density at radius 1 is 1.20 bits per heavy atom. The van der Waals surface area contributed by atoms with Gasteiger partial charge in [-0.15, -0.1) is 15.0 Å². The van der Waals surface area contributed by atoms with Gasteiger partial charge in [0.15, 0.2) is 0 Å². The van der Waals surface area contributed by atoms with Crippen LogP contribution in [0.25, 0.3) is 16.7 Å². The lowest BCUT2D eigenvalue weighted by molar-refractivity contribution is -0.137. The third-order valence-corrected chi connectivity index (χ3v) is 3.70. The van der Waals surface area contributed by atoms with Gasteiger partial charge >= 0.3 is 5.97 Å². The molecule has 3 aromatic rings. The van der Waals surface area contributed by atoms with E-state index in [4.69, 9.17) is 4.74 Å². The third-order valence-electron chi connectivity index (χ3n) is 3.70. The minimum atomic E-state index is -0.332. The van der Waals surface area contributed by atoms with Crippen molar-refractivity contribution < 1.29 is 14.6 Å². The van der Waals surface area contributed by atoms with Crippen LogP contribution >= 0.6 is 0 Å². The van der Waals surface area contributed by atoms with Crippen molar-refractivity contribution in [1.29, 1.82) is 0 Å². The van der Waals surface area contributed by atoms with Crippen LogP contribution in [0, 0.1) is 0 Å². The number of fused-ring (bicyclic) bond motifs is 1. The highest BCUT2D eigenvalue weighted by Gasteiger charge is 2.09. The lowest BCUT2D eigenvalue weighted by atomic mass is 10.1. The van der Waals surface area contributed by atoms with Gasteiger partial charge in [-0.05, 0) is 49.6 Å². The van der Waals surface area contributed by atoms with E-state index in [9.17, 15) is 9.90 Å². The third kappa shape index (κ3) is 4.03. The molecular weight excluding hydrogens is 318 g/mol. The Bertz CT molecular complexity index is 882. The quantitative estimate of drug-likeness (QED) is 0.425. The summed E-state index contributed by atoms with van der Waals surface area (Å²) in [7, 11) is 0. The normalized spacial score (nSPS) is 11.2. The molecule has 0 aliphatic heterocycles. The van der Waals surface area contributed by atoms with Crippen molar-refractivity contribution in [2.45, 2.75) is 19.8 Å². The van der Waals surface area contributed by atoms with Gasteiger partial charge in [-0.3, -0.25) is 0 Å². The second-order valence-corrected chi connectivity index (χ2v) is 5.57. The molecule has 2 aromatic carbocycles. The molecule has 25 heavy (non-hydrogen) atoms. The summed E-state index contributed by atoms with van der Waals surface area (Å²) in [6.07, 6.45) is 4.46. The summed E-state index contributed by atoms with van der Waals surface area (Å²) >= 11 is 0. The molecule has 0 bridgehead atoms. The Morgan fingerprint density at radius 2 is 1.92 bits per heavy atom. The molecule has 0 saturated carbocycles. The Balaban J connectivity index is 1.71. The number of aromatic hydroxyl groups is 1. The summed E-state index contributed by atoms with van der Waals surface area (Å²) in [5.41, 5.74) is 3.07. The number of aryl methyl sites for hydroxylation is 1. The van der Waals surface area contributed by atoms with E-state index in [0.29, 0.717) is 18.7 Å². The van der Waals surface area contributed by atoms with Gasteiger partial charge in [0.1, 0.15) is 22.5 Å². The van der Waals surface area contributed by atoms with Crippen molar-refractivity contribution in [3.05, 3.63) is 60.2 Å². The molecular formula is C19H19N3O3. The van der Waals surface area contributed by atoms with Crippen molar-refractivity contribution in [3.8, 4) is 11.4 Å². The van der Waals surface area contributed by atoms with Crippen LogP contribution in [0.15, 0.2) is 54.6 Å². The average Bonchev–Trinajstić information content (AvgIpc) is 3.04. The predicted molar refractivity (Wildman–Crippen MR) is 94.6 cm³/mol. The summed E-state index contributed by atoms with van der Waals surface area (Å²) < 4.78 is 5.08. The van der Waals surface area contributed by atoms with Crippen molar-refractivity contribution in [1.82, 2.24) is 15.0 Å². The van der Waals surface area contributed by atoms with Gasteiger partial charge < -0.3 is 9.84 Å². The van der Waals surface area contributed by atoms with Crippen LogP contribution in [0.3, 0.4) is 0 Å². The number of phenols is 1. The standard InChI is InChI=1S/C19H19N3O3/c1-2-6-19(24)25-12-5-7-14-10-11-18(23)17(13-14)22-20-15-8-3-4-9-16(15)21-22/h2-4,6,8-11,13,23H,5,7,12H2,1H3. The molecule has 0 fully saturated rings. The lowest BCUT2D eigenvalue weighted by Gasteiger charge is -2.07. The van der Waals surface area contributed by atoms with Crippen molar-refractivity contribution in [3.63, 3.8) is 0 Å². The van der Waals surface area contributed by atoms with E-state index in [0.717, 1.165) is 23.0 Å². The van der Waals surface area contributed by atoms with Gasteiger partial charge in [-0.25, -0.2) is 4.79 Å². The topological polar surface area (TPSA) is 77.2 Å². The molecule has 0 unspecified atom stereocenters. The lowest BCUT2D eigenvalue weighted by Crippen LogP contribution is -2.04. The summed E-state index contributed by atoms with van der Waals surface area (Å²) in [6.45, 7) is 2.12. The first-order valence-corrected chi connectivity index (χ1v) is 8.11. The number of nitrogens with zero attached hydrogens (tertiary/aromatic N) is 3. The van der Waals surface area contributed by atoms with E-state index in [1.165, 1.54) is 10.9 Å². The van der Waals surface area contributed by atoms with E-state index < -0.39 is 0 Å². The van der Waals surface area contributed by atoms with E-state index in [2.05, 4.69) is 10.2 Å². The molecule has 0 aliphatic carbocycles. The molecule has 0 aliphatic rings. The first-order valence-electron chi connectivity index (χ1n) is 8.11. The second kappa shape index (κ2) is 7.61. The molecule has 1 N–H and O–H groups in total. The van der Waals surface area contributed by atoms with Crippen LogP contribution in [0.1, 0.15) is 18.9 Å². The maximum atomic E-state index is 11.3. The van der Waals surface area contributed by atoms with Gasteiger partial charge in [0, 0.05) is 6.08 Å². The van der Waals surface area contributed by atoms with Gasteiger partial charge in [0.25, 0.3) is 0 Å². The number of allylic oxidation sites excluding steroid dienone is 1. The zero-order valence-corrected chi connectivity index (χ0v) is 13.9. The maximum Gasteiger partial charge on any atom is 0.330 e. The Labute approximate surface area is 145 Å². The van der Waals surface area contributed by atoms with E-state index in [-0.39, 0.29) is 11.7 Å². The number of ether oxygens (including phenoxy) is 1. The molecule has 1 heterocycles. The molecule has 128 valence electrons. The average molecular weight is 337 g/mol. The summed E-state index contributed by atoms with van der Waals surface area (Å²) in [4.78, 5) is 12.7. The second-order valence-electron chi connectivity index (χ2n) is 5.57. The molecule has 0 atom stereocenters. The van der Waals surface area contributed by atoms with Gasteiger partial charge in [0.05, 0.1) is 6.61 Å². The minimum Gasteiger partial charge on any atom is -0.506 e. The zero-order chi connectivity index (χ0) is 17.6. The Kier molecular flexibility index (Phi) is 5.09. The number of phenolic OH excluding ortho intramolecular Hbond substituents is 1. The fourth-order valence-corrected chi connectivity index (χ4v) is 2.49. The molecule has 0 radical (unpaired) electrons. The van der Waals surface area contributed by atoms with Crippen LogP contribution in [0.2, 0.25) is 0 Å². The first-order chi connectivity index (χ1) is 12.2. The number of hydrogen-bond acceptors (Lipinski definition) is 5. The number of carbonyl (C=O) groups is 1. The fraction of sp³-hybridized carbons (Fsp3) is 0.211. The van der Waals surface area contributed by atoms with Gasteiger partial charge in [-0.1, -0.05) is 24.3 Å². The largest absolute Gasteiger partial charge is 0.506 e. The summed E-state index contributed by atoms with van der Waals surface area (Å²) in [6, 6.07) is 12.9. The van der Waals surface area contributed by atoms with E-state index in [1.807, 2.05) is 36.4 Å². The Morgan fingerprint density at radius 3 is 2.60 bits per heavy atom. The Hall–Kier alpha value is -3.15. The SMILES string of the molecule is CC=CC(=O)OCCCc1ccc(O)c(-n2nc3ccccc3n2)c1. The van der Waals surface area contributed by atoms with Crippen molar-refractivity contribution in [2.75, 3.05) is 6.61 Å². The van der Waals surface area contributed by atoms with Crippen molar-refractivity contribution >= 4 is 17.0 Å². The van der Waals surface area contributed by atoms with E-state index in [1.54, 1.807) is 19.1 Å². The molecule has 6 heteroatoms. The maximum absolute atomic E-state index is 11.3. The van der Waals surface area contributed by atoms with Gasteiger partial charge in [0.2, 0.25) is 0 Å².